The number of nitrogens with zero attached hydrogens (tertiary/aromatic N) is 3. The Morgan fingerprint density at radius 1 is 1.18 bits per heavy atom. The monoisotopic (exact) mass is 376 g/mol. The number of aromatic amines is 1. The number of nitrogens with one attached hydrogen (secondary N) is 1. The van der Waals surface area contributed by atoms with E-state index in [-0.39, 0.29) is 5.82 Å². The molecule has 3 rings (SSSR count). The van der Waals surface area contributed by atoms with E-state index in [2.05, 4.69) is 31.2 Å². The van der Waals surface area contributed by atoms with Crippen molar-refractivity contribution in [1.82, 2.24) is 14.9 Å². The topological polar surface area (TPSA) is 46.0 Å². The van der Waals surface area contributed by atoms with Crippen LogP contribution in [0.25, 0.3) is 11.4 Å². The number of H-pyrrole nitrogens is 1. The molecule has 0 aliphatic heterocycles. The quantitative estimate of drug-likeness (QED) is 0.544. The Morgan fingerprint density at radius 2 is 1.91 bits per heavy atom. The Morgan fingerprint density at radius 3 is 2.64 bits per heavy atom. The molecule has 0 saturated heterocycles. The van der Waals surface area contributed by atoms with Crippen LogP contribution in [-0.2, 0) is 0 Å². The van der Waals surface area contributed by atoms with Crippen molar-refractivity contribution in [2.24, 2.45) is 5.10 Å². The Hall–Kier alpha value is -2.12. The minimum atomic E-state index is -0.378. The molecule has 0 atom stereocenters. The summed E-state index contributed by atoms with van der Waals surface area (Å²) in [4.78, 5) is 0. The van der Waals surface area contributed by atoms with Gasteiger partial charge in [-0.3, -0.25) is 0 Å². The van der Waals surface area contributed by atoms with Gasteiger partial charge in [-0.15, -0.1) is 0 Å². The lowest BCUT2D eigenvalue weighted by Crippen LogP contribution is -1.96. The molecule has 4 nitrogen and oxygen atoms in total. The molecule has 0 aliphatic rings. The number of aromatic nitrogens is 3. The normalized spacial score (nSPS) is 11.2. The van der Waals surface area contributed by atoms with Crippen LogP contribution in [0, 0.1) is 10.6 Å². The van der Waals surface area contributed by atoms with Gasteiger partial charge in [-0.1, -0.05) is 40.2 Å². The average molecular weight is 377 g/mol. The number of hydrogen-bond acceptors (Lipinski definition) is 3. The molecule has 22 heavy (non-hydrogen) atoms. The molecule has 0 spiro atoms. The third-order valence-electron chi connectivity index (χ3n) is 2.96. The molecule has 0 fully saturated rings. The SMILES string of the molecule is Fc1ccccc1-c1n[nH]c(=S)n1/N=C\c1ccc(Br)cc1. The summed E-state index contributed by atoms with van der Waals surface area (Å²) in [6.45, 7) is 0. The highest BCUT2D eigenvalue weighted by molar-refractivity contribution is 9.10. The first-order valence-electron chi connectivity index (χ1n) is 6.37. The van der Waals surface area contributed by atoms with Crippen LogP contribution in [0.4, 0.5) is 4.39 Å². The maximum absolute atomic E-state index is 13.9. The van der Waals surface area contributed by atoms with E-state index in [0.717, 1.165) is 10.0 Å². The molecule has 0 aliphatic carbocycles. The van der Waals surface area contributed by atoms with Crippen molar-refractivity contribution in [3.63, 3.8) is 0 Å². The van der Waals surface area contributed by atoms with Gasteiger partial charge in [0, 0.05) is 4.47 Å². The van der Waals surface area contributed by atoms with E-state index in [1.54, 1.807) is 24.4 Å². The minimum absolute atomic E-state index is 0.298. The van der Waals surface area contributed by atoms with Crippen molar-refractivity contribution >= 4 is 34.4 Å². The van der Waals surface area contributed by atoms with Crippen molar-refractivity contribution in [1.29, 1.82) is 0 Å². The zero-order valence-electron chi connectivity index (χ0n) is 11.2. The van der Waals surface area contributed by atoms with Crippen LogP contribution >= 0.6 is 28.1 Å². The molecule has 1 aromatic heterocycles. The second kappa shape index (κ2) is 6.33. The highest BCUT2D eigenvalue weighted by atomic mass is 79.9. The van der Waals surface area contributed by atoms with E-state index in [1.165, 1.54) is 10.7 Å². The molecule has 1 heterocycles. The lowest BCUT2D eigenvalue weighted by Gasteiger charge is -2.02. The number of rotatable bonds is 3. The lowest BCUT2D eigenvalue weighted by molar-refractivity contribution is 0.628. The summed E-state index contributed by atoms with van der Waals surface area (Å²) in [5, 5.41) is 11.0. The molecular formula is C15H10BrFN4S. The van der Waals surface area contributed by atoms with Crippen LogP contribution in [0.5, 0.6) is 0 Å². The highest BCUT2D eigenvalue weighted by Gasteiger charge is 2.12. The number of halogens is 2. The fraction of sp³-hybridized carbons (Fsp3) is 0. The van der Waals surface area contributed by atoms with E-state index >= 15 is 0 Å². The van der Waals surface area contributed by atoms with Gasteiger partial charge in [-0.2, -0.15) is 14.9 Å². The largest absolute Gasteiger partial charge is 0.250 e. The van der Waals surface area contributed by atoms with Crippen molar-refractivity contribution in [3.05, 3.63) is 69.2 Å². The first-order valence-corrected chi connectivity index (χ1v) is 7.57. The van der Waals surface area contributed by atoms with Gasteiger partial charge in [0.25, 0.3) is 0 Å². The van der Waals surface area contributed by atoms with E-state index in [0.29, 0.717) is 16.2 Å². The van der Waals surface area contributed by atoms with Crippen molar-refractivity contribution in [3.8, 4) is 11.4 Å². The molecule has 7 heteroatoms. The van der Waals surface area contributed by atoms with Crippen LogP contribution in [0.3, 0.4) is 0 Å². The fourth-order valence-electron chi connectivity index (χ4n) is 1.89. The van der Waals surface area contributed by atoms with Gasteiger partial charge in [-0.25, -0.2) is 9.49 Å². The third kappa shape index (κ3) is 3.05. The van der Waals surface area contributed by atoms with Crippen LogP contribution in [-0.4, -0.2) is 21.1 Å². The van der Waals surface area contributed by atoms with Crippen LogP contribution in [0.1, 0.15) is 5.56 Å². The molecule has 110 valence electrons. The first-order chi connectivity index (χ1) is 10.6. The van der Waals surface area contributed by atoms with Crippen LogP contribution in [0.15, 0.2) is 58.1 Å². The summed E-state index contributed by atoms with van der Waals surface area (Å²) >= 11 is 8.53. The summed E-state index contributed by atoms with van der Waals surface area (Å²) in [5.41, 5.74) is 1.23. The van der Waals surface area contributed by atoms with Gasteiger partial charge in [0.15, 0.2) is 5.82 Å². The summed E-state index contributed by atoms with van der Waals surface area (Å²) in [6, 6.07) is 14.0. The highest BCUT2D eigenvalue weighted by Crippen LogP contribution is 2.20. The zero-order chi connectivity index (χ0) is 15.5. The molecule has 1 N–H and O–H groups in total. The van der Waals surface area contributed by atoms with E-state index in [4.69, 9.17) is 12.2 Å². The second-order valence-electron chi connectivity index (χ2n) is 4.44. The standard InChI is InChI=1S/C15H10BrFN4S/c16-11-7-5-10(6-8-11)9-18-21-14(19-20-15(21)22)12-3-1-2-4-13(12)17/h1-9H,(H,20,22)/b18-9-. The Bertz CT molecular complexity index is 883. The zero-order valence-corrected chi connectivity index (χ0v) is 13.6. The molecule has 0 bridgehead atoms. The maximum atomic E-state index is 13.9. The van der Waals surface area contributed by atoms with Gasteiger partial charge in [-0.05, 0) is 42.0 Å². The number of benzene rings is 2. The van der Waals surface area contributed by atoms with E-state index in [1.807, 2.05) is 24.3 Å². The van der Waals surface area contributed by atoms with E-state index in [9.17, 15) is 4.39 Å². The van der Waals surface area contributed by atoms with Crippen molar-refractivity contribution in [2.75, 3.05) is 0 Å². The summed E-state index contributed by atoms with van der Waals surface area (Å²) in [7, 11) is 0. The van der Waals surface area contributed by atoms with Crippen molar-refractivity contribution < 1.29 is 4.39 Å². The molecule has 0 radical (unpaired) electrons. The lowest BCUT2D eigenvalue weighted by atomic mass is 10.2. The van der Waals surface area contributed by atoms with Gasteiger partial charge in [0.1, 0.15) is 5.82 Å². The molecule has 0 saturated carbocycles. The fourth-order valence-corrected chi connectivity index (χ4v) is 2.33. The van der Waals surface area contributed by atoms with Gasteiger partial charge in [0.05, 0.1) is 11.8 Å². The predicted octanol–water partition coefficient (Wildman–Crippen LogP) is 4.39. The third-order valence-corrected chi connectivity index (χ3v) is 3.75. The Labute approximate surface area is 139 Å². The maximum Gasteiger partial charge on any atom is 0.216 e. The molecular weight excluding hydrogens is 367 g/mol. The minimum Gasteiger partial charge on any atom is -0.250 e. The Kier molecular flexibility index (Phi) is 4.26. The molecule has 0 amide bonds. The average Bonchev–Trinajstić information content (AvgIpc) is 2.88. The van der Waals surface area contributed by atoms with Gasteiger partial charge < -0.3 is 0 Å². The van der Waals surface area contributed by atoms with Crippen LogP contribution in [0.2, 0.25) is 0 Å². The second-order valence-corrected chi connectivity index (χ2v) is 5.74. The van der Waals surface area contributed by atoms with E-state index < -0.39 is 0 Å². The van der Waals surface area contributed by atoms with Gasteiger partial charge in [0.2, 0.25) is 4.77 Å². The van der Waals surface area contributed by atoms with Crippen LogP contribution < -0.4 is 0 Å². The number of hydrogen-bond donors (Lipinski definition) is 1. The Balaban J connectivity index is 2.02. The molecule has 0 unspecified atom stereocenters. The summed E-state index contributed by atoms with van der Waals surface area (Å²) in [5.74, 6) is -0.0481. The summed E-state index contributed by atoms with van der Waals surface area (Å²) < 4.78 is 16.6. The molecule has 3 aromatic rings. The van der Waals surface area contributed by atoms with Crippen molar-refractivity contribution in [2.45, 2.75) is 0 Å². The van der Waals surface area contributed by atoms with Gasteiger partial charge >= 0.3 is 0 Å². The smallest absolute Gasteiger partial charge is 0.216 e. The molecule has 2 aromatic carbocycles. The first kappa shape index (κ1) is 14.8. The predicted molar refractivity (Wildman–Crippen MR) is 89.9 cm³/mol. The summed E-state index contributed by atoms with van der Waals surface area (Å²) in [6.07, 6.45) is 1.64.